The fourth-order valence-corrected chi connectivity index (χ4v) is 3.19. The first-order chi connectivity index (χ1) is 9.52. The number of carbonyl (C=O) groups is 1. The molecule has 2 aromatic heterocycles. The van der Waals surface area contributed by atoms with Crippen LogP contribution in [0.15, 0.2) is 28.9 Å². The molecule has 0 aliphatic rings. The summed E-state index contributed by atoms with van der Waals surface area (Å²) in [6.07, 6.45) is 1.67. The van der Waals surface area contributed by atoms with E-state index in [1.54, 1.807) is 18.3 Å². The number of nitrogens with zero attached hydrogens (tertiary/aromatic N) is 2. The summed E-state index contributed by atoms with van der Waals surface area (Å²) in [5, 5.41) is 0. The molecule has 2 N–H and O–H groups in total. The van der Waals surface area contributed by atoms with Crippen LogP contribution >= 0.6 is 38.5 Å². The molecular formula is C13H11BrIN3O2. The molecule has 0 saturated carbocycles. The fourth-order valence-electron chi connectivity index (χ4n) is 1.66. The number of aromatic nitrogens is 2. The number of primary amides is 1. The first-order valence-corrected chi connectivity index (χ1v) is 7.65. The van der Waals surface area contributed by atoms with Crippen LogP contribution in [0.1, 0.15) is 17.4 Å². The van der Waals surface area contributed by atoms with Gasteiger partial charge in [0.05, 0.1) is 12.3 Å². The number of amides is 1. The first kappa shape index (κ1) is 15.2. The summed E-state index contributed by atoms with van der Waals surface area (Å²) in [4.78, 5) is 20.1. The molecule has 20 heavy (non-hydrogen) atoms. The predicted molar refractivity (Wildman–Crippen MR) is 87.6 cm³/mol. The first-order valence-electron chi connectivity index (χ1n) is 5.78. The second kappa shape index (κ2) is 6.49. The molecule has 0 aromatic carbocycles. The highest BCUT2D eigenvalue weighted by Gasteiger charge is 2.16. The third kappa shape index (κ3) is 3.26. The second-order valence-electron chi connectivity index (χ2n) is 3.83. The lowest BCUT2D eigenvalue weighted by Crippen LogP contribution is -2.15. The van der Waals surface area contributed by atoms with Crippen molar-refractivity contribution in [2.75, 3.05) is 6.61 Å². The van der Waals surface area contributed by atoms with E-state index < -0.39 is 5.91 Å². The smallest absolute Gasteiger partial charge is 0.268 e. The van der Waals surface area contributed by atoms with Crippen LogP contribution in [-0.2, 0) is 0 Å². The molecule has 0 aliphatic heterocycles. The van der Waals surface area contributed by atoms with Crippen molar-refractivity contribution in [3.8, 4) is 17.1 Å². The third-order valence-corrected chi connectivity index (χ3v) is 3.71. The number of rotatable bonds is 4. The topological polar surface area (TPSA) is 78.1 Å². The predicted octanol–water partition coefficient (Wildman–Crippen LogP) is 3.01. The summed E-state index contributed by atoms with van der Waals surface area (Å²) in [6.45, 7) is 2.32. The number of hydrogen-bond donors (Lipinski definition) is 1. The zero-order valence-electron chi connectivity index (χ0n) is 10.6. The maximum absolute atomic E-state index is 11.6. The minimum Gasteiger partial charge on any atom is -0.478 e. The van der Waals surface area contributed by atoms with Crippen molar-refractivity contribution < 1.29 is 9.53 Å². The molecule has 0 bridgehead atoms. The van der Waals surface area contributed by atoms with E-state index in [1.807, 2.05) is 13.0 Å². The summed E-state index contributed by atoms with van der Waals surface area (Å²) < 4.78 is 7.05. The van der Waals surface area contributed by atoms with E-state index in [1.165, 1.54) is 0 Å². The van der Waals surface area contributed by atoms with Gasteiger partial charge in [0.15, 0.2) is 0 Å². The lowest BCUT2D eigenvalue weighted by Gasteiger charge is -2.10. The van der Waals surface area contributed by atoms with Crippen molar-refractivity contribution in [3.05, 3.63) is 38.1 Å². The van der Waals surface area contributed by atoms with Gasteiger partial charge in [-0.25, -0.2) is 4.98 Å². The molecule has 0 unspecified atom stereocenters. The summed E-state index contributed by atoms with van der Waals surface area (Å²) in [7, 11) is 0. The molecule has 1 amide bonds. The largest absolute Gasteiger partial charge is 0.478 e. The molecule has 0 atom stereocenters. The van der Waals surface area contributed by atoms with Crippen LogP contribution in [0.4, 0.5) is 0 Å². The molecule has 0 radical (unpaired) electrons. The van der Waals surface area contributed by atoms with Gasteiger partial charge >= 0.3 is 0 Å². The van der Waals surface area contributed by atoms with Crippen molar-refractivity contribution in [2.45, 2.75) is 6.92 Å². The van der Waals surface area contributed by atoms with Crippen LogP contribution < -0.4 is 10.5 Å². The molecule has 104 valence electrons. The Hall–Kier alpha value is -1.22. The summed E-state index contributed by atoms with van der Waals surface area (Å²) in [5.74, 6) is -0.237. The SMILES string of the molecule is CCOc1ccc(-c2ncc(Br)cc2I)c(C(N)=O)n1. The molecular weight excluding hydrogens is 437 g/mol. The van der Waals surface area contributed by atoms with Gasteiger partial charge < -0.3 is 10.5 Å². The Bertz CT molecular complexity index is 664. The highest BCUT2D eigenvalue weighted by Crippen LogP contribution is 2.28. The Kier molecular flexibility index (Phi) is 4.92. The van der Waals surface area contributed by atoms with Gasteiger partial charge in [-0.15, -0.1) is 0 Å². The number of carbonyl (C=O) groups excluding carboxylic acids is 1. The van der Waals surface area contributed by atoms with Crippen molar-refractivity contribution in [2.24, 2.45) is 5.73 Å². The van der Waals surface area contributed by atoms with Gasteiger partial charge in [0.25, 0.3) is 5.91 Å². The Morgan fingerprint density at radius 1 is 1.50 bits per heavy atom. The van der Waals surface area contributed by atoms with E-state index in [0.717, 1.165) is 8.04 Å². The van der Waals surface area contributed by atoms with E-state index in [9.17, 15) is 4.79 Å². The number of halogens is 2. The maximum atomic E-state index is 11.6. The molecule has 0 saturated heterocycles. The van der Waals surface area contributed by atoms with E-state index in [0.29, 0.717) is 23.7 Å². The van der Waals surface area contributed by atoms with Gasteiger partial charge in [-0.2, -0.15) is 0 Å². The average molecular weight is 448 g/mol. The molecule has 0 aliphatic carbocycles. The Morgan fingerprint density at radius 2 is 2.25 bits per heavy atom. The van der Waals surface area contributed by atoms with Crippen LogP contribution in [0.25, 0.3) is 11.3 Å². The number of hydrogen-bond acceptors (Lipinski definition) is 4. The van der Waals surface area contributed by atoms with Crippen LogP contribution in [0.3, 0.4) is 0 Å². The average Bonchev–Trinajstić information content (AvgIpc) is 2.39. The number of ether oxygens (including phenoxy) is 1. The summed E-state index contributed by atoms with van der Waals surface area (Å²) >= 11 is 5.51. The van der Waals surface area contributed by atoms with Crippen LogP contribution in [-0.4, -0.2) is 22.5 Å². The Balaban J connectivity index is 2.58. The zero-order valence-corrected chi connectivity index (χ0v) is 14.3. The van der Waals surface area contributed by atoms with Gasteiger partial charge in [0, 0.05) is 25.9 Å². The van der Waals surface area contributed by atoms with Crippen LogP contribution in [0.5, 0.6) is 5.88 Å². The molecule has 5 nitrogen and oxygen atoms in total. The minimum atomic E-state index is -0.609. The van der Waals surface area contributed by atoms with Crippen molar-refractivity contribution >= 4 is 44.4 Å². The third-order valence-electron chi connectivity index (χ3n) is 2.46. The lowest BCUT2D eigenvalue weighted by atomic mass is 10.1. The van der Waals surface area contributed by atoms with Gasteiger partial charge in [-0.3, -0.25) is 9.78 Å². The van der Waals surface area contributed by atoms with Gasteiger partial charge in [-0.1, -0.05) is 0 Å². The van der Waals surface area contributed by atoms with E-state index >= 15 is 0 Å². The summed E-state index contributed by atoms with van der Waals surface area (Å²) in [6, 6.07) is 5.35. The quantitative estimate of drug-likeness (QED) is 0.730. The minimum absolute atomic E-state index is 0.156. The maximum Gasteiger partial charge on any atom is 0.268 e. The molecule has 2 aromatic rings. The fraction of sp³-hybridized carbons (Fsp3) is 0.154. The molecule has 0 spiro atoms. The number of pyridine rings is 2. The number of nitrogens with two attached hydrogens (primary N) is 1. The van der Waals surface area contributed by atoms with Gasteiger partial charge in [-0.05, 0) is 57.6 Å². The van der Waals surface area contributed by atoms with E-state index in [2.05, 4.69) is 48.5 Å². The second-order valence-corrected chi connectivity index (χ2v) is 5.90. The highest BCUT2D eigenvalue weighted by molar-refractivity contribution is 14.1. The zero-order chi connectivity index (χ0) is 14.7. The monoisotopic (exact) mass is 447 g/mol. The van der Waals surface area contributed by atoms with E-state index in [-0.39, 0.29) is 5.69 Å². The van der Waals surface area contributed by atoms with Crippen molar-refractivity contribution in [1.82, 2.24) is 9.97 Å². The van der Waals surface area contributed by atoms with Crippen molar-refractivity contribution in [1.29, 1.82) is 0 Å². The Labute approximate surface area is 138 Å². The molecule has 2 heterocycles. The summed E-state index contributed by atoms with van der Waals surface area (Å²) in [5.41, 5.74) is 6.82. The van der Waals surface area contributed by atoms with Crippen LogP contribution in [0, 0.1) is 3.57 Å². The lowest BCUT2D eigenvalue weighted by molar-refractivity contribution is 0.0995. The normalized spacial score (nSPS) is 10.3. The standard InChI is InChI=1S/C13H11BrIN3O2/c1-2-20-10-4-3-8(12(18-10)13(16)19)11-9(15)5-7(14)6-17-11/h3-6H,2H2,1H3,(H2,16,19). The Morgan fingerprint density at radius 3 is 2.85 bits per heavy atom. The van der Waals surface area contributed by atoms with Gasteiger partial charge in [0.1, 0.15) is 5.69 Å². The van der Waals surface area contributed by atoms with Crippen molar-refractivity contribution in [3.63, 3.8) is 0 Å². The molecule has 2 rings (SSSR count). The highest BCUT2D eigenvalue weighted by atomic mass is 127. The molecule has 0 fully saturated rings. The van der Waals surface area contributed by atoms with Gasteiger partial charge in [0.2, 0.25) is 5.88 Å². The molecule has 7 heteroatoms. The van der Waals surface area contributed by atoms with E-state index in [4.69, 9.17) is 10.5 Å². The van der Waals surface area contributed by atoms with Crippen LogP contribution in [0.2, 0.25) is 0 Å².